The molecule has 0 aromatic heterocycles. The van der Waals surface area contributed by atoms with E-state index in [1.54, 1.807) is 11.8 Å². The molecule has 2 aromatic rings. The lowest BCUT2D eigenvalue weighted by Crippen LogP contribution is -2.68. The van der Waals surface area contributed by atoms with Gasteiger partial charge in [-0.25, -0.2) is 0 Å². The van der Waals surface area contributed by atoms with E-state index < -0.39 is 8.32 Å². The van der Waals surface area contributed by atoms with Gasteiger partial charge in [-0.15, -0.1) is 11.8 Å². The first-order valence-electron chi connectivity index (χ1n) is 10.6. The Hall–Kier alpha value is -1.33. The summed E-state index contributed by atoms with van der Waals surface area (Å²) in [5.41, 5.74) is 0. The molecule has 0 aliphatic carbocycles. The van der Waals surface area contributed by atoms with E-state index >= 15 is 0 Å². The molecule has 1 N–H and O–H groups in total. The Morgan fingerprint density at radius 3 is 2.03 bits per heavy atom. The molecule has 0 unspecified atom stereocenters. The number of rotatable bonds is 7. The summed E-state index contributed by atoms with van der Waals surface area (Å²) in [6, 6.07) is 22.1. The fourth-order valence-corrected chi connectivity index (χ4v) is 10.1. The quantitative estimate of drug-likeness (QED) is 0.644. The van der Waals surface area contributed by atoms with Crippen molar-refractivity contribution in [3.63, 3.8) is 0 Å². The predicted octanol–water partition coefficient (Wildman–Crippen LogP) is 4.81. The summed E-state index contributed by atoms with van der Waals surface area (Å²) in [4.78, 5) is 1.26. The van der Waals surface area contributed by atoms with Gasteiger partial charge in [0.15, 0.2) is 0 Å². The van der Waals surface area contributed by atoms with Crippen LogP contribution in [0.15, 0.2) is 72.1 Å². The second-order valence-corrected chi connectivity index (χ2v) is 14.2. The van der Waals surface area contributed by atoms with Gasteiger partial charge < -0.3 is 9.74 Å². The van der Waals surface area contributed by atoms with Crippen LogP contribution >= 0.6 is 11.8 Å². The molecule has 1 aliphatic heterocycles. The molecule has 4 heteroatoms. The normalized spacial score (nSPS) is 21.1. The van der Waals surface area contributed by atoms with Crippen LogP contribution < -0.4 is 15.7 Å². The van der Waals surface area contributed by atoms with E-state index in [4.69, 9.17) is 4.43 Å². The lowest BCUT2D eigenvalue weighted by atomic mass is 9.97. The Balaban J connectivity index is 2.07. The zero-order valence-corrected chi connectivity index (χ0v) is 20.3. The van der Waals surface area contributed by atoms with E-state index in [2.05, 4.69) is 107 Å². The molecule has 1 fully saturated rings. The van der Waals surface area contributed by atoms with E-state index in [1.807, 2.05) is 0 Å². The first-order chi connectivity index (χ1) is 13.8. The summed E-state index contributed by atoms with van der Waals surface area (Å²) >= 11 is 1.78. The Kier molecular flexibility index (Phi) is 7.10. The fourth-order valence-electron chi connectivity index (χ4n) is 4.78. The van der Waals surface area contributed by atoms with E-state index in [1.165, 1.54) is 15.3 Å². The third-order valence-electron chi connectivity index (χ3n) is 6.23. The maximum absolute atomic E-state index is 7.31. The summed E-state index contributed by atoms with van der Waals surface area (Å²) < 4.78 is 7.31. The molecule has 3 rings (SSSR count). The van der Waals surface area contributed by atoms with Gasteiger partial charge in [-0.2, -0.15) is 0 Å². The Bertz CT molecular complexity index is 763. The van der Waals surface area contributed by atoms with Gasteiger partial charge in [0, 0.05) is 12.0 Å². The van der Waals surface area contributed by atoms with Gasteiger partial charge in [0.25, 0.3) is 8.32 Å². The minimum absolute atomic E-state index is 0.00537. The molecule has 156 valence electrons. The highest BCUT2D eigenvalue weighted by molar-refractivity contribution is 8.02. The van der Waals surface area contributed by atoms with Crippen molar-refractivity contribution in [3.8, 4) is 0 Å². The van der Waals surface area contributed by atoms with E-state index in [0.717, 1.165) is 13.0 Å². The van der Waals surface area contributed by atoms with Crippen molar-refractivity contribution < 1.29 is 4.43 Å². The zero-order chi connectivity index (χ0) is 21.1. The lowest BCUT2D eigenvalue weighted by Gasteiger charge is -2.46. The highest BCUT2D eigenvalue weighted by Crippen LogP contribution is 2.39. The Labute approximate surface area is 182 Å². The number of hydrogen-bond donors (Lipinski definition) is 1. The first-order valence-corrected chi connectivity index (χ1v) is 13.7. The number of hydrogen-bond acceptors (Lipinski definition) is 3. The molecule has 0 bridgehead atoms. The van der Waals surface area contributed by atoms with Crippen LogP contribution in [-0.2, 0) is 4.43 Å². The summed E-state index contributed by atoms with van der Waals surface area (Å²) in [7, 11) is -2.53. The predicted molar refractivity (Wildman–Crippen MR) is 131 cm³/mol. The largest absolute Gasteiger partial charge is 0.403 e. The van der Waals surface area contributed by atoms with Gasteiger partial charge in [0.1, 0.15) is 0 Å². The number of benzene rings is 2. The molecule has 2 aromatic carbocycles. The van der Waals surface area contributed by atoms with Crippen molar-refractivity contribution >= 4 is 30.5 Å². The van der Waals surface area contributed by atoms with E-state index in [0.29, 0.717) is 12.0 Å². The fraction of sp³-hybridized carbons (Fsp3) is 0.440. The zero-order valence-electron chi connectivity index (χ0n) is 18.4. The minimum Gasteiger partial charge on any atom is -0.403 e. The lowest BCUT2D eigenvalue weighted by molar-refractivity contribution is 0.154. The molecule has 0 spiro atoms. The van der Waals surface area contributed by atoms with Crippen LogP contribution in [0.25, 0.3) is 0 Å². The van der Waals surface area contributed by atoms with E-state index in [9.17, 15) is 0 Å². The van der Waals surface area contributed by atoms with Crippen molar-refractivity contribution in [1.29, 1.82) is 0 Å². The van der Waals surface area contributed by atoms with Gasteiger partial charge in [-0.3, -0.25) is 0 Å². The van der Waals surface area contributed by atoms with Crippen molar-refractivity contribution in [2.75, 3.05) is 12.8 Å². The SMILES string of the molecule is C=C(SC)[C@@H]1CCN[C@H]1[C@@H](C)O[Si](c1ccccc1)(c1ccccc1)C(C)(C)C. The van der Waals surface area contributed by atoms with Crippen molar-refractivity contribution in [3.05, 3.63) is 72.1 Å². The molecule has 0 saturated carbocycles. The average Bonchev–Trinajstić information content (AvgIpc) is 3.22. The second-order valence-electron chi connectivity index (χ2n) is 9.03. The molecule has 29 heavy (non-hydrogen) atoms. The first kappa shape index (κ1) is 22.4. The van der Waals surface area contributed by atoms with Gasteiger partial charge in [-0.05, 0) is 46.5 Å². The second kappa shape index (κ2) is 9.21. The summed E-state index contributed by atoms with van der Waals surface area (Å²) in [6.45, 7) is 14.6. The molecule has 1 heterocycles. The third kappa shape index (κ3) is 4.41. The monoisotopic (exact) mass is 425 g/mol. The maximum Gasteiger partial charge on any atom is 0.261 e. The molecular formula is C25H35NOSSi. The van der Waals surface area contributed by atoms with Crippen LogP contribution in [0, 0.1) is 5.92 Å². The van der Waals surface area contributed by atoms with Crippen LogP contribution in [0.2, 0.25) is 5.04 Å². The number of thioether (sulfide) groups is 1. The standard InChI is InChI=1S/C25H35NOSSi/c1-19(24-23(17-18-26-24)20(2)28-6)27-29(25(3,4)5,21-13-9-7-10-14-21)22-15-11-8-12-16-22/h7-16,19,23-24,26H,2,17-18H2,1,3-6H3/t19-,23+,24+/m1/s1. The molecule has 0 amide bonds. The molecule has 1 aliphatic rings. The van der Waals surface area contributed by atoms with Crippen molar-refractivity contribution in [2.24, 2.45) is 5.92 Å². The molecule has 3 atom stereocenters. The highest BCUT2D eigenvalue weighted by atomic mass is 32.2. The Morgan fingerprint density at radius 2 is 1.59 bits per heavy atom. The molecular weight excluding hydrogens is 390 g/mol. The van der Waals surface area contributed by atoms with Gasteiger partial charge >= 0.3 is 0 Å². The van der Waals surface area contributed by atoms with Crippen LogP contribution in [0.4, 0.5) is 0 Å². The maximum atomic E-state index is 7.31. The van der Waals surface area contributed by atoms with Crippen LogP contribution in [0.1, 0.15) is 34.1 Å². The van der Waals surface area contributed by atoms with Gasteiger partial charge in [-0.1, -0.05) is 88.0 Å². The number of nitrogens with one attached hydrogen (secondary N) is 1. The highest BCUT2D eigenvalue weighted by Gasteiger charge is 2.52. The third-order valence-corrected chi connectivity index (χ3v) is 12.2. The summed E-state index contributed by atoms with van der Waals surface area (Å²) in [5.74, 6) is 0.457. The average molecular weight is 426 g/mol. The molecule has 1 saturated heterocycles. The summed E-state index contributed by atoms with van der Waals surface area (Å²) in [6.07, 6.45) is 3.36. The topological polar surface area (TPSA) is 21.3 Å². The Morgan fingerprint density at radius 1 is 1.07 bits per heavy atom. The van der Waals surface area contributed by atoms with Crippen molar-refractivity contribution in [2.45, 2.75) is 51.3 Å². The van der Waals surface area contributed by atoms with Crippen LogP contribution in [0.5, 0.6) is 0 Å². The van der Waals surface area contributed by atoms with Crippen LogP contribution in [-0.4, -0.2) is 33.3 Å². The van der Waals surface area contributed by atoms with Crippen molar-refractivity contribution in [1.82, 2.24) is 5.32 Å². The van der Waals surface area contributed by atoms with Crippen LogP contribution in [0.3, 0.4) is 0 Å². The summed E-state index contributed by atoms with van der Waals surface area (Å²) in [5, 5.41) is 6.39. The van der Waals surface area contributed by atoms with Gasteiger partial charge in [0.05, 0.1) is 6.10 Å². The molecule has 2 nitrogen and oxygen atoms in total. The van der Waals surface area contributed by atoms with Gasteiger partial charge in [0.2, 0.25) is 0 Å². The van der Waals surface area contributed by atoms with E-state index in [-0.39, 0.29) is 11.1 Å². The smallest absolute Gasteiger partial charge is 0.261 e. The molecule has 0 radical (unpaired) electrons. The minimum atomic E-state index is -2.53.